The molecule has 0 amide bonds. The molecule has 2 heteroatoms. The lowest BCUT2D eigenvalue weighted by atomic mass is 10.0. The molecule has 1 aliphatic rings. The smallest absolute Gasteiger partial charge is 0.0366 e. The van der Waals surface area contributed by atoms with E-state index in [0.717, 1.165) is 13.1 Å². The SMILES string of the molecule is CCCCc1ccc(N2CCCC(NCCC)C2)cc1. The molecule has 2 nitrogen and oxygen atoms in total. The first-order chi connectivity index (χ1) is 9.83. The molecule has 0 aromatic heterocycles. The largest absolute Gasteiger partial charge is 0.370 e. The average molecular weight is 274 g/mol. The number of hydrogen-bond acceptors (Lipinski definition) is 2. The summed E-state index contributed by atoms with van der Waals surface area (Å²) in [4.78, 5) is 2.54. The summed E-state index contributed by atoms with van der Waals surface area (Å²) in [5.74, 6) is 0. The maximum absolute atomic E-state index is 3.67. The van der Waals surface area contributed by atoms with Crippen molar-refractivity contribution in [2.45, 2.75) is 58.4 Å². The first-order valence-electron chi connectivity index (χ1n) is 8.40. The molecule has 0 bridgehead atoms. The van der Waals surface area contributed by atoms with Crippen molar-refractivity contribution in [3.8, 4) is 0 Å². The summed E-state index contributed by atoms with van der Waals surface area (Å²) in [5.41, 5.74) is 2.88. The van der Waals surface area contributed by atoms with Gasteiger partial charge >= 0.3 is 0 Å². The second-order valence-electron chi connectivity index (χ2n) is 6.01. The van der Waals surface area contributed by atoms with E-state index in [1.54, 1.807) is 0 Å². The number of unbranched alkanes of at least 4 members (excludes halogenated alkanes) is 1. The highest BCUT2D eigenvalue weighted by atomic mass is 15.2. The molecule has 1 N–H and O–H groups in total. The van der Waals surface area contributed by atoms with Gasteiger partial charge in [-0.3, -0.25) is 0 Å². The van der Waals surface area contributed by atoms with Crippen LogP contribution >= 0.6 is 0 Å². The van der Waals surface area contributed by atoms with E-state index in [-0.39, 0.29) is 0 Å². The number of hydrogen-bond donors (Lipinski definition) is 1. The van der Waals surface area contributed by atoms with Gasteiger partial charge in [-0.25, -0.2) is 0 Å². The van der Waals surface area contributed by atoms with Crippen LogP contribution in [0.4, 0.5) is 5.69 Å². The van der Waals surface area contributed by atoms with Crippen LogP contribution in [-0.4, -0.2) is 25.7 Å². The number of nitrogens with zero attached hydrogens (tertiary/aromatic N) is 1. The van der Waals surface area contributed by atoms with Crippen LogP contribution in [0.15, 0.2) is 24.3 Å². The van der Waals surface area contributed by atoms with Crippen LogP contribution in [-0.2, 0) is 6.42 Å². The summed E-state index contributed by atoms with van der Waals surface area (Å²) in [6.45, 7) is 8.01. The molecule has 1 atom stereocenters. The monoisotopic (exact) mass is 274 g/mol. The van der Waals surface area contributed by atoms with Crippen LogP contribution in [0.5, 0.6) is 0 Å². The molecule has 1 fully saturated rings. The number of rotatable bonds is 7. The van der Waals surface area contributed by atoms with E-state index in [9.17, 15) is 0 Å². The van der Waals surface area contributed by atoms with E-state index in [0.29, 0.717) is 6.04 Å². The summed E-state index contributed by atoms with van der Waals surface area (Å²) in [7, 11) is 0. The molecular weight excluding hydrogens is 244 g/mol. The molecule has 0 spiro atoms. The third kappa shape index (κ3) is 4.52. The van der Waals surface area contributed by atoms with Crippen molar-refractivity contribution in [1.29, 1.82) is 0 Å². The molecule has 0 aliphatic carbocycles. The summed E-state index contributed by atoms with van der Waals surface area (Å²) < 4.78 is 0. The maximum Gasteiger partial charge on any atom is 0.0366 e. The van der Waals surface area contributed by atoms with E-state index >= 15 is 0 Å². The fraction of sp³-hybridized carbons (Fsp3) is 0.667. The minimum atomic E-state index is 0.670. The summed E-state index contributed by atoms with van der Waals surface area (Å²) in [6.07, 6.45) is 7.65. The topological polar surface area (TPSA) is 15.3 Å². The fourth-order valence-electron chi connectivity index (χ4n) is 2.98. The summed E-state index contributed by atoms with van der Waals surface area (Å²) in [5, 5.41) is 3.67. The molecular formula is C18H30N2. The maximum atomic E-state index is 3.67. The predicted molar refractivity (Wildman–Crippen MR) is 88.6 cm³/mol. The zero-order valence-corrected chi connectivity index (χ0v) is 13.2. The molecule has 1 saturated heterocycles. The van der Waals surface area contributed by atoms with E-state index in [1.807, 2.05) is 0 Å². The molecule has 2 rings (SSSR count). The Morgan fingerprint density at radius 2 is 1.95 bits per heavy atom. The standard InChI is InChI=1S/C18H30N2/c1-3-5-7-16-9-11-18(12-10-16)20-14-6-8-17(15-20)19-13-4-2/h9-12,17,19H,3-8,13-15H2,1-2H3. The summed E-state index contributed by atoms with van der Waals surface area (Å²) >= 11 is 0. The predicted octanol–water partition coefficient (Wildman–Crippen LogP) is 4.00. The fourth-order valence-corrected chi connectivity index (χ4v) is 2.98. The van der Waals surface area contributed by atoms with Crippen LogP contribution in [0, 0.1) is 0 Å². The van der Waals surface area contributed by atoms with Gasteiger partial charge in [-0.2, -0.15) is 0 Å². The Bertz CT molecular complexity index is 372. The number of benzene rings is 1. The van der Waals surface area contributed by atoms with Crippen molar-refractivity contribution in [2.24, 2.45) is 0 Å². The molecule has 20 heavy (non-hydrogen) atoms. The zero-order valence-electron chi connectivity index (χ0n) is 13.2. The third-order valence-corrected chi connectivity index (χ3v) is 4.22. The lowest BCUT2D eigenvalue weighted by Gasteiger charge is -2.35. The van der Waals surface area contributed by atoms with Gasteiger partial charge in [-0.05, 0) is 56.3 Å². The minimum Gasteiger partial charge on any atom is -0.370 e. The Labute approximate surface area is 124 Å². The van der Waals surface area contributed by atoms with E-state index in [4.69, 9.17) is 0 Å². The summed E-state index contributed by atoms with van der Waals surface area (Å²) in [6, 6.07) is 9.92. The molecule has 1 aromatic carbocycles. The highest BCUT2D eigenvalue weighted by Gasteiger charge is 2.19. The van der Waals surface area contributed by atoms with E-state index in [1.165, 1.54) is 56.3 Å². The van der Waals surface area contributed by atoms with Crippen LogP contribution < -0.4 is 10.2 Å². The van der Waals surface area contributed by atoms with Crippen molar-refractivity contribution >= 4 is 5.69 Å². The van der Waals surface area contributed by atoms with Gasteiger partial charge in [-0.1, -0.05) is 32.4 Å². The highest BCUT2D eigenvalue weighted by molar-refractivity contribution is 5.48. The number of anilines is 1. The van der Waals surface area contributed by atoms with Crippen molar-refractivity contribution in [3.63, 3.8) is 0 Å². The molecule has 1 aromatic rings. The number of aryl methyl sites for hydroxylation is 1. The normalized spacial score (nSPS) is 19.3. The van der Waals surface area contributed by atoms with Crippen molar-refractivity contribution in [2.75, 3.05) is 24.5 Å². The lowest BCUT2D eigenvalue weighted by Crippen LogP contribution is -2.46. The number of piperidine rings is 1. The molecule has 1 aliphatic heterocycles. The van der Waals surface area contributed by atoms with Crippen LogP contribution in [0.2, 0.25) is 0 Å². The van der Waals surface area contributed by atoms with Crippen molar-refractivity contribution in [1.82, 2.24) is 5.32 Å². The Morgan fingerprint density at radius 1 is 1.15 bits per heavy atom. The van der Waals surface area contributed by atoms with Crippen molar-refractivity contribution < 1.29 is 0 Å². The molecule has 0 radical (unpaired) electrons. The Balaban J connectivity index is 1.89. The lowest BCUT2D eigenvalue weighted by molar-refractivity contribution is 0.423. The van der Waals surface area contributed by atoms with Gasteiger partial charge in [-0.15, -0.1) is 0 Å². The van der Waals surface area contributed by atoms with Gasteiger partial charge in [0.2, 0.25) is 0 Å². The molecule has 1 unspecified atom stereocenters. The second-order valence-corrected chi connectivity index (χ2v) is 6.01. The van der Waals surface area contributed by atoms with E-state index in [2.05, 4.69) is 48.3 Å². The van der Waals surface area contributed by atoms with Gasteiger partial charge in [0.1, 0.15) is 0 Å². The first kappa shape index (κ1) is 15.4. The average Bonchev–Trinajstić information content (AvgIpc) is 2.52. The Kier molecular flexibility index (Phi) is 6.38. The van der Waals surface area contributed by atoms with E-state index < -0.39 is 0 Å². The first-order valence-corrected chi connectivity index (χ1v) is 8.40. The van der Waals surface area contributed by atoms with Crippen LogP contribution in [0.3, 0.4) is 0 Å². The highest BCUT2D eigenvalue weighted by Crippen LogP contribution is 2.21. The van der Waals surface area contributed by atoms with Crippen LogP contribution in [0.1, 0.15) is 51.5 Å². The minimum absolute atomic E-state index is 0.670. The van der Waals surface area contributed by atoms with Gasteiger partial charge in [0.05, 0.1) is 0 Å². The van der Waals surface area contributed by atoms with Gasteiger partial charge < -0.3 is 10.2 Å². The van der Waals surface area contributed by atoms with Gasteiger partial charge in [0.25, 0.3) is 0 Å². The molecule has 112 valence electrons. The second kappa shape index (κ2) is 8.31. The van der Waals surface area contributed by atoms with Gasteiger partial charge in [0, 0.05) is 24.8 Å². The zero-order chi connectivity index (χ0) is 14.2. The van der Waals surface area contributed by atoms with Crippen LogP contribution in [0.25, 0.3) is 0 Å². The Hall–Kier alpha value is -1.02. The molecule has 1 heterocycles. The quantitative estimate of drug-likeness (QED) is 0.808. The van der Waals surface area contributed by atoms with Crippen molar-refractivity contribution in [3.05, 3.63) is 29.8 Å². The molecule has 0 saturated carbocycles. The van der Waals surface area contributed by atoms with Gasteiger partial charge in [0.15, 0.2) is 0 Å². The third-order valence-electron chi connectivity index (χ3n) is 4.22. The Morgan fingerprint density at radius 3 is 2.65 bits per heavy atom. The number of nitrogens with one attached hydrogen (secondary N) is 1.